The van der Waals surface area contributed by atoms with Crippen LogP contribution in [-0.4, -0.2) is 42.1 Å². The van der Waals surface area contributed by atoms with Crippen molar-refractivity contribution < 1.29 is 19.1 Å². The van der Waals surface area contributed by atoms with Crippen molar-refractivity contribution >= 4 is 17.7 Å². The SMILES string of the molecule is CCCN(CC(=O)O)C(=O)N(C)c1ccc(F)cc1. The van der Waals surface area contributed by atoms with E-state index >= 15 is 0 Å². The third-order valence-electron chi connectivity index (χ3n) is 2.59. The Morgan fingerprint density at radius 3 is 2.32 bits per heavy atom. The Morgan fingerprint density at radius 1 is 1.26 bits per heavy atom. The molecule has 5 nitrogen and oxygen atoms in total. The zero-order valence-corrected chi connectivity index (χ0v) is 11.0. The number of carboxylic acid groups (broad SMARTS) is 1. The highest BCUT2D eigenvalue weighted by Crippen LogP contribution is 2.15. The normalized spacial score (nSPS) is 10.1. The van der Waals surface area contributed by atoms with E-state index in [9.17, 15) is 14.0 Å². The van der Waals surface area contributed by atoms with Crippen LogP contribution in [0, 0.1) is 5.82 Å². The molecule has 1 aromatic carbocycles. The largest absolute Gasteiger partial charge is 0.480 e. The number of aliphatic carboxylic acids is 1. The summed E-state index contributed by atoms with van der Waals surface area (Å²) in [6.07, 6.45) is 0.663. The van der Waals surface area contributed by atoms with Crippen LogP contribution in [0.4, 0.5) is 14.9 Å². The topological polar surface area (TPSA) is 60.9 Å². The van der Waals surface area contributed by atoms with E-state index in [1.807, 2.05) is 6.92 Å². The fourth-order valence-electron chi connectivity index (χ4n) is 1.66. The highest BCUT2D eigenvalue weighted by Gasteiger charge is 2.20. The number of anilines is 1. The van der Waals surface area contributed by atoms with Gasteiger partial charge in [0.2, 0.25) is 0 Å². The van der Waals surface area contributed by atoms with Crippen molar-refractivity contribution in [3.05, 3.63) is 30.1 Å². The number of hydrogen-bond acceptors (Lipinski definition) is 2. The van der Waals surface area contributed by atoms with E-state index in [-0.39, 0.29) is 12.4 Å². The molecule has 0 atom stereocenters. The lowest BCUT2D eigenvalue weighted by Gasteiger charge is -2.26. The van der Waals surface area contributed by atoms with Crippen LogP contribution < -0.4 is 4.90 Å². The summed E-state index contributed by atoms with van der Waals surface area (Å²) < 4.78 is 12.8. The van der Waals surface area contributed by atoms with Gasteiger partial charge in [0, 0.05) is 19.3 Å². The minimum absolute atomic E-state index is 0.349. The molecule has 104 valence electrons. The minimum atomic E-state index is -1.06. The summed E-state index contributed by atoms with van der Waals surface area (Å²) in [4.78, 5) is 25.4. The van der Waals surface area contributed by atoms with Crippen LogP contribution in [0.25, 0.3) is 0 Å². The van der Waals surface area contributed by atoms with Crippen LogP contribution in [0.5, 0.6) is 0 Å². The number of nitrogens with zero attached hydrogens (tertiary/aromatic N) is 2. The Morgan fingerprint density at radius 2 is 1.84 bits per heavy atom. The molecule has 0 unspecified atom stereocenters. The lowest BCUT2D eigenvalue weighted by atomic mass is 10.3. The summed E-state index contributed by atoms with van der Waals surface area (Å²) in [5.74, 6) is -1.45. The van der Waals surface area contributed by atoms with Crippen molar-refractivity contribution in [2.45, 2.75) is 13.3 Å². The van der Waals surface area contributed by atoms with Crippen LogP contribution in [-0.2, 0) is 4.79 Å². The van der Waals surface area contributed by atoms with E-state index in [1.165, 1.54) is 41.1 Å². The smallest absolute Gasteiger partial charge is 0.324 e. The molecule has 19 heavy (non-hydrogen) atoms. The quantitative estimate of drug-likeness (QED) is 0.890. The zero-order valence-electron chi connectivity index (χ0n) is 11.0. The number of benzene rings is 1. The molecule has 0 heterocycles. The van der Waals surface area contributed by atoms with Gasteiger partial charge in [-0.2, -0.15) is 0 Å². The Bertz CT molecular complexity index is 448. The van der Waals surface area contributed by atoms with Crippen molar-refractivity contribution in [3.8, 4) is 0 Å². The van der Waals surface area contributed by atoms with Crippen LogP contribution in [0.1, 0.15) is 13.3 Å². The van der Waals surface area contributed by atoms with Crippen LogP contribution in [0.2, 0.25) is 0 Å². The van der Waals surface area contributed by atoms with E-state index in [0.29, 0.717) is 18.7 Å². The molecule has 0 aromatic heterocycles. The molecule has 0 aliphatic rings. The van der Waals surface area contributed by atoms with Crippen LogP contribution in [0.3, 0.4) is 0 Å². The number of carbonyl (C=O) groups is 2. The molecule has 2 amide bonds. The van der Waals surface area contributed by atoms with Gasteiger partial charge in [0.25, 0.3) is 0 Å². The van der Waals surface area contributed by atoms with Gasteiger partial charge in [0.15, 0.2) is 0 Å². The van der Waals surface area contributed by atoms with Gasteiger partial charge in [-0.1, -0.05) is 6.92 Å². The average Bonchev–Trinajstić information content (AvgIpc) is 2.37. The Balaban J connectivity index is 2.83. The number of urea groups is 1. The maximum Gasteiger partial charge on any atom is 0.324 e. The van der Waals surface area contributed by atoms with Gasteiger partial charge in [-0.3, -0.25) is 9.69 Å². The standard InChI is InChI=1S/C13H17FN2O3/c1-3-8-16(9-12(17)18)13(19)15(2)11-6-4-10(14)5-7-11/h4-7H,3,8-9H2,1-2H3,(H,17,18). The van der Waals surface area contributed by atoms with Gasteiger partial charge < -0.3 is 10.0 Å². The fraction of sp³-hybridized carbons (Fsp3) is 0.385. The van der Waals surface area contributed by atoms with Gasteiger partial charge in [0.1, 0.15) is 12.4 Å². The van der Waals surface area contributed by atoms with E-state index in [1.54, 1.807) is 0 Å². The van der Waals surface area contributed by atoms with Gasteiger partial charge in [0.05, 0.1) is 0 Å². The molecule has 6 heteroatoms. The Hall–Kier alpha value is -2.11. The predicted octanol–water partition coefficient (Wildman–Crippen LogP) is 2.18. The summed E-state index contributed by atoms with van der Waals surface area (Å²) in [6.45, 7) is 1.87. The molecular formula is C13H17FN2O3. The molecular weight excluding hydrogens is 251 g/mol. The molecule has 1 aromatic rings. The summed E-state index contributed by atoms with van der Waals surface area (Å²) in [5.41, 5.74) is 0.512. The third kappa shape index (κ3) is 4.24. The van der Waals surface area contributed by atoms with Gasteiger partial charge >= 0.3 is 12.0 Å². The van der Waals surface area contributed by atoms with E-state index in [0.717, 1.165) is 0 Å². The van der Waals surface area contributed by atoms with Crippen molar-refractivity contribution in [2.24, 2.45) is 0 Å². The number of hydrogen-bond donors (Lipinski definition) is 1. The summed E-state index contributed by atoms with van der Waals surface area (Å²) in [5, 5.41) is 8.79. The van der Waals surface area contributed by atoms with Crippen molar-refractivity contribution in [3.63, 3.8) is 0 Å². The molecule has 1 N–H and O–H groups in total. The van der Waals surface area contributed by atoms with Crippen LogP contribution in [0.15, 0.2) is 24.3 Å². The maximum atomic E-state index is 12.8. The van der Waals surface area contributed by atoms with Crippen molar-refractivity contribution in [1.82, 2.24) is 4.90 Å². The van der Waals surface area contributed by atoms with Gasteiger partial charge in [-0.05, 0) is 30.7 Å². The van der Waals surface area contributed by atoms with E-state index < -0.39 is 12.0 Å². The minimum Gasteiger partial charge on any atom is -0.480 e. The molecule has 0 saturated carbocycles. The van der Waals surface area contributed by atoms with Crippen molar-refractivity contribution in [1.29, 1.82) is 0 Å². The molecule has 1 rings (SSSR count). The second-order valence-corrected chi connectivity index (χ2v) is 4.13. The molecule has 0 bridgehead atoms. The number of amides is 2. The maximum absolute atomic E-state index is 12.8. The number of carboxylic acids is 1. The second-order valence-electron chi connectivity index (χ2n) is 4.13. The third-order valence-corrected chi connectivity index (χ3v) is 2.59. The lowest BCUT2D eigenvalue weighted by Crippen LogP contribution is -2.44. The lowest BCUT2D eigenvalue weighted by molar-refractivity contribution is -0.137. The number of carbonyl (C=O) groups excluding carboxylic acids is 1. The first kappa shape index (κ1) is 14.9. The van der Waals surface area contributed by atoms with Crippen LogP contribution >= 0.6 is 0 Å². The first-order valence-corrected chi connectivity index (χ1v) is 5.95. The Kier molecular flexibility index (Phi) is 5.29. The first-order chi connectivity index (χ1) is 8.95. The highest BCUT2D eigenvalue weighted by atomic mass is 19.1. The van der Waals surface area contributed by atoms with Crippen molar-refractivity contribution in [2.75, 3.05) is 25.0 Å². The summed E-state index contributed by atoms with van der Waals surface area (Å²) in [7, 11) is 1.53. The molecule has 0 radical (unpaired) electrons. The molecule has 0 spiro atoms. The fourth-order valence-corrected chi connectivity index (χ4v) is 1.66. The first-order valence-electron chi connectivity index (χ1n) is 5.95. The van der Waals surface area contributed by atoms with Gasteiger partial charge in [-0.25, -0.2) is 9.18 Å². The van der Waals surface area contributed by atoms with E-state index in [4.69, 9.17) is 5.11 Å². The molecule has 0 fully saturated rings. The zero-order chi connectivity index (χ0) is 14.4. The summed E-state index contributed by atoms with van der Waals surface area (Å²) in [6, 6.07) is 5.02. The second kappa shape index (κ2) is 6.72. The molecule has 0 aliphatic carbocycles. The highest BCUT2D eigenvalue weighted by molar-refractivity contribution is 5.93. The molecule has 0 aliphatic heterocycles. The van der Waals surface area contributed by atoms with Gasteiger partial charge in [-0.15, -0.1) is 0 Å². The average molecular weight is 268 g/mol. The van der Waals surface area contributed by atoms with E-state index in [2.05, 4.69) is 0 Å². The predicted molar refractivity (Wildman–Crippen MR) is 69.7 cm³/mol. The Labute approximate surface area is 111 Å². The number of halogens is 1. The number of rotatable bonds is 5. The molecule has 0 saturated heterocycles. The monoisotopic (exact) mass is 268 g/mol. The summed E-state index contributed by atoms with van der Waals surface area (Å²) >= 11 is 0.